The first-order valence-electron chi connectivity index (χ1n) is 7.28. The van der Waals surface area contributed by atoms with Gasteiger partial charge in [-0.1, -0.05) is 37.1 Å². The molecule has 3 nitrogen and oxygen atoms in total. The number of fused-ring (bicyclic) bond motifs is 1. The Bertz CT molecular complexity index is 477. The largest absolute Gasteiger partial charge is 0.350 e. The molecule has 2 N–H and O–H groups in total. The van der Waals surface area contributed by atoms with E-state index in [4.69, 9.17) is 0 Å². The first-order chi connectivity index (χ1) is 9.16. The van der Waals surface area contributed by atoms with Gasteiger partial charge >= 0.3 is 0 Å². The van der Waals surface area contributed by atoms with E-state index in [0.29, 0.717) is 0 Å². The van der Waals surface area contributed by atoms with Crippen LogP contribution < -0.4 is 10.6 Å². The molecule has 19 heavy (non-hydrogen) atoms. The fourth-order valence-electron chi connectivity index (χ4n) is 3.30. The van der Waals surface area contributed by atoms with Crippen molar-refractivity contribution in [3.05, 3.63) is 35.4 Å². The summed E-state index contributed by atoms with van der Waals surface area (Å²) in [4.78, 5) is 12.4. The van der Waals surface area contributed by atoms with Crippen LogP contribution in [0.1, 0.15) is 43.7 Å². The zero-order valence-corrected chi connectivity index (χ0v) is 11.5. The van der Waals surface area contributed by atoms with E-state index >= 15 is 0 Å². The van der Waals surface area contributed by atoms with Gasteiger partial charge in [0.2, 0.25) is 5.91 Å². The molecule has 0 bridgehead atoms. The van der Waals surface area contributed by atoms with Crippen LogP contribution in [-0.4, -0.2) is 17.5 Å². The zero-order chi connectivity index (χ0) is 13.3. The van der Waals surface area contributed by atoms with Gasteiger partial charge in [0, 0.05) is 12.1 Å². The third-order valence-corrected chi connectivity index (χ3v) is 4.53. The monoisotopic (exact) mass is 258 g/mol. The maximum atomic E-state index is 12.4. The fraction of sp³-hybridized carbons (Fsp3) is 0.562. The molecule has 1 aliphatic heterocycles. The van der Waals surface area contributed by atoms with Gasteiger partial charge in [-0.2, -0.15) is 0 Å². The second kappa shape index (κ2) is 4.97. The van der Waals surface area contributed by atoms with Crippen molar-refractivity contribution < 1.29 is 4.79 Å². The van der Waals surface area contributed by atoms with Crippen LogP contribution in [0.2, 0.25) is 0 Å². The number of carbonyl (C=O) groups is 1. The van der Waals surface area contributed by atoms with Crippen LogP contribution in [0.15, 0.2) is 24.3 Å². The highest BCUT2D eigenvalue weighted by Gasteiger charge is 2.33. The number of hydrogen-bond acceptors (Lipinski definition) is 2. The molecular formula is C16H22N2O. The van der Waals surface area contributed by atoms with Crippen LogP contribution in [-0.2, 0) is 17.8 Å². The average Bonchev–Trinajstić information content (AvgIpc) is 2.84. The van der Waals surface area contributed by atoms with Gasteiger partial charge in [0.1, 0.15) is 0 Å². The van der Waals surface area contributed by atoms with Crippen LogP contribution in [0, 0.1) is 0 Å². The topological polar surface area (TPSA) is 41.1 Å². The van der Waals surface area contributed by atoms with Gasteiger partial charge in [-0.05, 0) is 37.3 Å². The molecule has 0 spiro atoms. The van der Waals surface area contributed by atoms with E-state index in [9.17, 15) is 4.79 Å². The van der Waals surface area contributed by atoms with Crippen LogP contribution in [0.5, 0.6) is 0 Å². The van der Waals surface area contributed by atoms with Gasteiger partial charge in [-0.25, -0.2) is 0 Å². The third-order valence-electron chi connectivity index (χ3n) is 4.53. The summed E-state index contributed by atoms with van der Waals surface area (Å²) in [6.45, 7) is 2.97. The first-order valence-corrected chi connectivity index (χ1v) is 7.28. The van der Waals surface area contributed by atoms with Crippen LogP contribution >= 0.6 is 0 Å². The minimum absolute atomic E-state index is 0.0235. The molecule has 0 radical (unpaired) electrons. The predicted octanol–water partition coefficient (Wildman–Crippen LogP) is 2.15. The van der Waals surface area contributed by atoms with E-state index in [0.717, 1.165) is 25.8 Å². The van der Waals surface area contributed by atoms with Crippen molar-refractivity contribution in [1.29, 1.82) is 0 Å². The van der Waals surface area contributed by atoms with Gasteiger partial charge in [-0.15, -0.1) is 0 Å². The van der Waals surface area contributed by atoms with E-state index in [1.165, 1.54) is 24.0 Å². The van der Waals surface area contributed by atoms with Gasteiger partial charge in [0.25, 0.3) is 0 Å². The molecule has 1 unspecified atom stereocenters. The minimum atomic E-state index is -0.0766. The molecule has 1 atom stereocenters. The highest BCUT2D eigenvalue weighted by molar-refractivity contribution is 5.83. The lowest BCUT2D eigenvalue weighted by Crippen LogP contribution is -2.54. The number of amides is 1. The molecule has 1 aliphatic carbocycles. The molecule has 1 amide bonds. The number of carbonyl (C=O) groups excluding carboxylic acids is 1. The van der Waals surface area contributed by atoms with Crippen molar-refractivity contribution in [3.8, 4) is 0 Å². The predicted molar refractivity (Wildman–Crippen MR) is 75.8 cm³/mol. The lowest BCUT2D eigenvalue weighted by Gasteiger charge is -2.31. The number of nitrogens with one attached hydrogen (secondary N) is 2. The number of hydrogen-bond donors (Lipinski definition) is 2. The standard InChI is InChI=1S/C16H22N2O/c1-16(8-4-5-9-16)18-15(19)14-10-12-6-2-3-7-13(12)11-17-14/h2-3,6-7,14,17H,4-5,8-11H2,1H3,(H,18,19). The lowest BCUT2D eigenvalue weighted by atomic mass is 9.94. The second-order valence-corrected chi connectivity index (χ2v) is 6.16. The zero-order valence-electron chi connectivity index (χ0n) is 11.5. The van der Waals surface area contributed by atoms with E-state index < -0.39 is 0 Å². The van der Waals surface area contributed by atoms with Gasteiger partial charge in [0.05, 0.1) is 6.04 Å². The second-order valence-electron chi connectivity index (χ2n) is 6.16. The Morgan fingerprint density at radius 3 is 2.68 bits per heavy atom. The fourth-order valence-corrected chi connectivity index (χ4v) is 3.30. The summed E-state index contributed by atoms with van der Waals surface area (Å²) in [7, 11) is 0. The molecule has 0 aromatic heterocycles. The van der Waals surface area contributed by atoms with E-state index in [1.54, 1.807) is 0 Å². The Morgan fingerprint density at radius 2 is 1.95 bits per heavy atom. The number of benzene rings is 1. The van der Waals surface area contributed by atoms with Crippen molar-refractivity contribution in [2.45, 2.75) is 57.2 Å². The summed E-state index contributed by atoms with van der Waals surface area (Å²) in [5.41, 5.74) is 2.65. The number of rotatable bonds is 2. The lowest BCUT2D eigenvalue weighted by molar-refractivity contribution is -0.125. The Labute approximate surface area is 114 Å². The van der Waals surface area contributed by atoms with Crippen LogP contribution in [0.4, 0.5) is 0 Å². The van der Waals surface area contributed by atoms with Crippen molar-refractivity contribution in [1.82, 2.24) is 10.6 Å². The molecule has 0 saturated heterocycles. The molecule has 3 rings (SSSR count). The smallest absolute Gasteiger partial charge is 0.237 e. The summed E-state index contributed by atoms with van der Waals surface area (Å²) in [5, 5.41) is 6.61. The highest BCUT2D eigenvalue weighted by Crippen LogP contribution is 2.29. The molecular weight excluding hydrogens is 236 g/mol. The van der Waals surface area contributed by atoms with Crippen LogP contribution in [0.25, 0.3) is 0 Å². The molecule has 1 heterocycles. The Balaban J connectivity index is 1.66. The molecule has 1 fully saturated rings. The Kier molecular flexibility index (Phi) is 3.31. The quantitative estimate of drug-likeness (QED) is 0.853. The maximum Gasteiger partial charge on any atom is 0.237 e. The van der Waals surface area contributed by atoms with Crippen molar-refractivity contribution in [2.75, 3.05) is 0 Å². The van der Waals surface area contributed by atoms with Crippen molar-refractivity contribution >= 4 is 5.91 Å². The Hall–Kier alpha value is -1.35. The summed E-state index contributed by atoms with van der Waals surface area (Å²) >= 11 is 0. The molecule has 1 saturated carbocycles. The molecule has 3 heteroatoms. The Morgan fingerprint density at radius 1 is 1.26 bits per heavy atom. The maximum absolute atomic E-state index is 12.4. The molecule has 2 aliphatic rings. The summed E-state index contributed by atoms with van der Waals surface area (Å²) in [6, 6.07) is 8.30. The summed E-state index contributed by atoms with van der Waals surface area (Å²) < 4.78 is 0. The van der Waals surface area contributed by atoms with Crippen molar-refractivity contribution in [3.63, 3.8) is 0 Å². The average molecular weight is 258 g/mol. The summed E-state index contributed by atoms with van der Waals surface area (Å²) in [5.74, 6) is 0.166. The molecule has 102 valence electrons. The summed E-state index contributed by atoms with van der Waals surface area (Å²) in [6.07, 6.45) is 5.50. The SMILES string of the molecule is CC1(NC(=O)C2Cc3ccccc3CN2)CCCC1. The highest BCUT2D eigenvalue weighted by atomic mass is 16.2. The van der Waals surface area contributed by atoms with Gasteiger partial charge < -0.3 is 10.6 Å². The van der Waals surface area contributed by atoms with Crippen molar-refractivity contribution in [2.24, 2.45) is 0 Å². The van der Waals surface area contributed by atoms with Crippen LogP contribution in [0.3, 0.4) is 0 Å². The van der Waals surface area contributed by atoms with E-state index in [2.05, 4.69) is 41.8 Å². The van der Waals surface area contributed by atoms with Gasteiger partial charge in [-0.3, -0.25) is 4.79 Å². The minimum Gasteiger partial charge on any atom is -0.350 e. The van der Waals surface area contributed by atoms with E-state index in [-0.39, 0.29) is 17.5 Å². The molecule has 1 aromatic carbocycles. The first kappa shape index (κ1) is 12.7. The van der Waals surface area contributed by atoms with Gasteiger partial charge in [0.15, 0.2) is 0 Å². The van der Waals surface area contributed by atoms with E-state index in [1.807, 2.05) is 0 Å². The normalized spacial score (nSPS) is 24.8. The molecule has 1 aromatic rings. The third kappa shape index (κ3) is 2.66.